The smallest absolute Gasteiger partial charge is 0.327 e. The molecule has 0 saturated heterocycles. The van der Waals surface area contributed by atoms with Gasteiger partial charge in [0.1, 0.15) is 5.75 Å². The van der Waals surface area contributed by atoms with Crippen molar-refractivity contribution in [1.29, 1.82) is 5.26 Å². The Morgan fingerprint density at radius 2 is 2.00 bits per heavy atom. The molecule has 0 amide bonds. The Bertz CT molecular complexity index is 474. The molecule has 4 heteroatoms. The molecule has 1 rings (SSSR count). The van der Waals surface area contributed by atoms with Crippen molar-refractivity contribution in [2.45, 2.75) is 25.7 Å². The lowest BCUT2D eigenvalue weighted by molar-refractivity contribution is -0.140. The number of benzene rings is 1. The van der Waals surface area contributed by atoms with Crippen molar-refractivity contribution in [3.63, 3.8) is 0 Å². The average Bonchev–Trinajstić information content (AvgIpc) is 2.39. The zero-order valence-electron chi connectivity index (χ0n) is 11.1. The molecule has 1 aromatic carbocycles. The van der Waals surface area contributed by atoms with Gasteiger partial charge in [0.2, 0.25) is 0 Å². The van der Waals surface area contributed by atoms with E-state index >= 15 is 0 Å². The number of carbonyl (C=O) groups excluding carboxylic acids is 1. The molecule has 0 aliphatic heterocycles. The van der Waals surface area contributed by atoms with E-state index in [2.05, 4.69) is 4.74 Å². The molecule has 96 valence electrons. The quantitative estimate of drug-likeness (QED) is 0.767. The topological polar surface area (TPSA) is 59.3 Å². The van der Waals surface area contributed by atoms with Gasteiger partial charge in [0.15, 0.2) is 5.92 Å². The van der Waals surface area contributed by atoms with Gasteiger partial charge in [0.05, 0.1) is 20.3 Å². The number of hydrogen-bond donors (Lipinski definition) is 0. The van der Waals surface area contributed by atoms with Crippen LogP contribution >= 0.6 is 0 Å². The number of hydrogen-bond acceptors (Lipinski definition) is 4. The monoisotopic (exact) mass is 247 g/mol. The van der Waals surface area contributed by atoms with Crippen molar-refractivity contribution < 1.29 is 14.3 Å². The van der Waals surface area contributed by atoms with Crippen molar-refractivity contribution in [2.75, 3.05) is 14.2 Å². The normalized spacial score (nSPS) is 11.8. The van der Waals surface area contributed by atoms with Crippen LogP contribution in [0.5, 0.6) is 5.75 Å². The molecule has 0 N–H and O–H groups in total. The number of methoxy groups -OCH3 is 2. The zero-order chi connectivity index (χ0) is 13.7. The van der Waals surface area contributed by atoms with Crippen LogP contribution in [0.3, 0.4) is 0 Å². The molecular formula is C14H17NO3. The highest BCUT2D eigenvalue weighted by Gasteiger charge is 2.22. The SMILES string of the molecule is COC(=O)C(C#N)c1ccc(OC)c(C(C)C)c1. The van der Waals surface area contributed by atoms with Gasteiger partial charge in [-0.05, 0) is 29.2 Å². The summed E-state index contributed by atoms with van der Waals surface area (Å²) in [6.07, 6.45) is 0. The van der Waals surface area contributed by atoms with Gasteiger partial charge in [-0.1, -0.05) is 19.9 Å². The summed E-state index contributed by atoms with van der Waals surface area (Å²) in [5.74, 6) is -0.428. The number of nitriles is 1. The summed E-state index contributed by atoms with van der Waals surface area (Å²) in [7, 11) is 2.88. The van der Waals surface area contributed by atoms with E-state index in [1.54, 1.807) is 19.2 Å². The molecule has 1 aromatic rings. The van der Waals surface area contributed by atoms with Gasteiger partial charge in [-0.2, -0.15) is 5.26 Å². The maximum atomic E-state index is 11.5. The first kappa shape index (κ1) is 14.0. The highest BCUT2D eigenvalue weighted by Crippen LogP contribution is 2.30. The molecule has 0 saturated carbocycles. The molecular weight excluding hydrogens is 230 g/mol. The summed E-state index contributed by atoms with van der Waals surface area (Å²) >= 11 is 0. The third-order valence-corrected chi connectivity index (χ3v) is 2.78. The van der Waals surface area contributed by atoms with Crippen molar-refractivity contribution in [2.24, 2.45) is 0 Å². The van der Waals surface area contributed by atoms with Crippen LogP contribution in [0.1, 0.15) is 36.8 Å². The van der Waals surface area contributed by atoms with Crippen molar-refractivity contribution in [1.82, 2.24) is 0 Å². The minimum absolute atomic E-state index is 0.247. The molecule has 1 atom stereocenters. The second kappa shape index (κ2) is 6.06. The molecule has 1 unspecified atom stereocenters. The van der Waals surface area contributed by atoms with Crippen LogP contribution in [-0.2, 0) is 9.53 Å². The first-order chi connectivity index (χ1) is 8.54. The van der Waals surface area contributed by atoms with E-state index in [0.29, 0.717) is 5.56 Å². The summed E-state index contributed by atoms with van der Waals surface area (Å²) in [6, 6.07) is 7.28. The molecule has 0 spiro atoms. The largest absolute Gasteiger partial charge is 0.496 e. The first-order valence-electron chi connectivity index (χ1n) is 5.70. The van der Waals surface area contributed by atoms with E-state index in [-0.39, 0.29) is 5.92 Å². The van der Waals surface area contributed by atoms with Crippen LogP contribution in [0.2, 0.25) is 0 Å². The summed E-state index contributed by atoms with van der Waals surface area (Å²) < 4.78 is 9.88. The lowest BCUT2D eigenvalue weighted by Crippen LogP contribution is -2.13. The van der Waals surface area contributed by atoms with Gasteiger partial charge in [-0.3, -0.25) is 4.79 Å². The summed E-state index contributed by atoms with van der Waals surface area (Å²) in [5.41, 5.74) is 1.60. The van der Waals surface area contributed by atoms with E-state index in [1.165, 1.54) is 7.11 Å². The Hall–Kier alpha value is -2.02. The van der Waals surface area contributed by atoms with Gasteiger partial charge in [0.25, 0.3) is 0 Å². The molecule has 0 fully saturated rings. The minimum Gasteiger partial charge on any atom is -0.496 e. The van der Waals surface area contributed by atoms with Crippen LogP contribution in [0.25, 0.3) is 0 Å². The van der Waals surface area contributed by atoms with Gasteiger partial charge >= 0.3 is 5.97 Å². The lowest BCUT2D eigenvalue weighted by Gasteiger charge is -2.15. The molecule has 0 aliphatic carbocycles. The molecule has 18 heavy (non-hydrogen) atoms. The van der Waals surface area contributed by atoms with Crippen molar-refractivity contribution in [3.05, 3.63) is 29.3 Å². The van der Waals surface area contributed by atoms with Crippen LogP contribution in [0.4, 0.5) is 0 Å². The Balaban J connectivity index is 3.23. The van der Waals surface area contributed by atoms with E-state index < -0.39 is 11.9 Å². The predicted octanol–water partition coefficient (Wildman–Crippen LogP) is 2.60. The maximum Gasteiger partial charge on any atom is 0.327 e. The maximum absolute atomic E-state index is 11.5. The highest BCUT2D eigenvalue weighted by atomic mass is 16.5. The second-order valence-corrected chi connectivity index (χ2v) is 4.24. The summed E-state index contributed by atoms with van der Waals surface area (Å²) in [6.45, 7) is 4.06. The van der Waals surface area contributed by atoms with Crippen LogP contribution in [0.15, 0.2) is 18.2 Å². The Morgan fingerprint density at radius 1 is 1.33 bits per heavy atom. The second-order valence-electron chi connectivity index (χ2n) is 4.24. The summed E-state index contributed by atoms with van der Waals surface area (Å²) in [4.78, 5) is 11.5. The Kier molecular flexibility index (Phi) is 4.73. The first-order valence-corrected chi connectivity index (χ1v) is 5.70. The highest BCUT2D eigenvalue weighted by molar-refractivity contribution is 5.81. The molecule has 0 radical (unpaired) electrons. The fourth-order valence-corrected chi connectivity index (χ4v) is 1.76. The van der Waals surface area contributed by atoms with E-state index in [1.807, 2.05) is 26.0 Å². The zero-order valence-corrected chi connectivity index (χ0v) is 11.1. The molecule has 4 nitrogen and oxygen atoms in total. The fourth-order valence-electron chi connectivity index (χ4n) is 1.76. The van der Waals surface area contributed by atoms with Crippen molar-refractivity contribution >= 4 is 5.97 Å². The predicted molar refractivity (Wildman–Crippen MR) is 67.5 cm³/mol. The summed E-state index contributed by atoms with van der Waals surface area (Å²) in [5, 5.41) is 9.05. The van der Waals surface area contributed by atoms with E-state index in [4.69, 9.17) is 10.00 Å². The van der Waals surface area contributed by atoms with E-state index in [9.17, 15) is 4.79 Å². The van der Waals surface area contributed by atoms with Crippen LogP contribution in [0, 0.1) is 11.3 Å². The van der Waals surface area contributed by atoms with Crippen molar-refractivity contribution in [3.8, 4) is 11.8 Å². The van der Waals surface area contributed by atoms with Gasteiger partial charge < -0.3 is 9.47 Å². The third kappa shape index (κ3) is 2.80. The van der Waals surface area contributed by atoms with Gasteiger partial charge in [-0.25, -0.2) is 0 Å². The Labute approximate surface area is 107 Å². The molecule has 0 aromatic heterocycles. The lowest BCUT2D eigenvalue weighted by atomic mass is 9.94. The molecule has 0 heterocycles. The average molecular weight is 247 g/mol. The number of rotatable bonds is 4. The number of esters is 1. The van der Waals surface area contributed by atoms with E-state index in [0.717, 1.165) is 11.3 Å². The minimum atomic E-state index is -0.890. The van der Waals surface area contributed by atoms with Gasteiger partial charge in [-0.15, -0.1) is 0 Å². The van der Waals surface area contributed by atoms with Gasteiger partial charge in [0, 0.05) is 0 Å². The standard InChI is InChI=1S/C14H17NO3/c1-9(2)11-7-10(5-6-13(11)17-3)12(8-15)14(16)18-4/h5-7,9,12H,1-4H3. The van der Waals surface area contributed by atoms with Crippen LogP contribution < -0.4 is 4.74 Å². The number of nitrogens with zero attached hydrogens (tertiary/aromatic N) is 1. The third-order valence-electron chi connectivity index (χ3n) is 2.78. The fraction of sp³-hybridized carbons (Fsp3) is 0.429. The Morgan fingerprint density at radius 3 is 2.44 bits per heavy atom. The number of ether oxygens (including phenoxy) is 2. The number of carbonyl (C=O) groups is 1. The molecule has 0 aliphatic rings. The molecule has 0 bridgehead atoms. The van der Waals surface area contributed by atoms with Crippen LogP contribution in [-0.4, -0.2) is 20.2 Å².